The number of hydrogen-bond donors (Lipinski definition) is 4. The number of hydrogen-bond acceptors (Lipinski definition) is 7. The van der Waals surface area contributed by atoms with Crippen LogP contribution >= 0.6 is 12.2 Å². The minimum atomic E-state index is 0.0715. The van der Waals surface area contributed by atoms with Gasteiger partial charge in [-0.3, -0.25) is 0 Å². The molecule has 2 aromatic heterocycles. The van der Waals surface area contributed by atoms with Gasteiger partial charge in [-0.15, -0.1) is 0 Å². The van der Waals surface area contributed by atoms with E-state index >= 15 is 0 Å². The maximum atomic E-state index is 9.72. The van der Waals surface area contributed by atoms with Crippen LogP contribution in [0.15, 0.2) is 36.5 Å². The van der Waals surface area contributed by atoms with Crippen LogP contribution in [-0.4, -0.2) is 38.3 Å². The van der Waals surface area contributed by atoms with Crippen molar-refractivity contribution in [3.63, 3.8) is 0 Å². The number of phenols is 1. The van der Waals surface area contributed by atoms with Crippen molar-refractivity contribution in [1.29, 1.82) is 0 Å². The Morgan fingerprint density at radius 2 is 1.93 bits per heavy atom. The van der Waals surface area contributed by atoms with Crippen LogP contribution in [0.1, 0.15) is 25.7 Å². The normalized spacial score (nSPS) is 14.0. The lowest BCUT2D eigenvalue weighted by Crippen LogP contribution is -2.36. The maximum Gasteiger partial charge on any atom is 0.182 e. The molecule has 0 amide bonds. The zero-order valence-corrected chi connectivity index (χ0v) is 16.8. The van der Waals surface area contributed by atoms with Crippen molar-refractivity contribution in [3.8, 4) is 11.5 Å². The second-order valence-electron chi connectivity index (χ2n) is 6.89. The number of thiocarbonyl (C=S) groups is 1. The van der Waals surface area contributed by atoms with E-state index in [1.165, 1.54) is 20.0 Å². The molecule has 3 aromatic rings. The summed E-state index contributed by atoms with van der Waals surface area (Å²) in [5.41, 5.74) is 1.89. The van der Waals surface area contributed by atoms with E-state index < -0.39 is 0 Å². The van der Waals surface area contributed by atoms with Crippen molar-refractivity contribution < 1.29 is 9.84 Å². The lowest BCUT2D eigenvalue weighted by Gasteiger charge is -2.15. The molecule has 1 aromatic carbocycles. The van der Waals surface area contributed by atoms with Gasteiger partial charge in [0, 0.05) is 17.8 Å². The number of nitrogens with zero attached hydrogens (tertiary/aromatic N) is 3. The minimum absolute atomic E-state index is 0.0715. The largest absolute Gasteiger partial charge is 0.504 e. The van der Waals surface area contributed by atoms with E-state index in [-0.39, 0.29) is 5.75 Å². The van der Waals surface area contributed by atoms with Crippen LogP contribution in [0.2, 0.25) is 0 Å². The number of aromatic hydroxyl groups is 1. The van der Waals surface area contributed by atoms with E-state index in [4.69, 9.17) is 17.0 Å². The lowest BCUT2D eigenvalue weighted by molar-refractivity contribution is 0.374. The van der Waals surface area contributed by atoms with Gasteiger partial charge in [0.2, 0.25) is 0 Å². The Balaban J connectivity index is 1.49. The molecule has 1 aliphatic carbocycles. The molecule has 0 unspecified atom stereocenters. The quantitative estimate of drug-likeness (QED) is 0.370. The molecule has 0 spiro atoms. The fourth-order valence-electron chi connectivity index (χ4n) is 3.34. The summed E-state index contributed by atoms with van der Waals surface area (Å²) < 4.78 is 5.13. The second-order valence-corrected chi connectivity index (χ2v) is 7.29. The molecule has 29 heavy (non-hydrogen) atoms. The minimum Gasteiger partial charge on any atom is -0.504 e. The third kappa shape index (κ3) is 4.62. The molecule has 0 aliphatic heterocycles. The number of methoxy groups -OCH3 is 1. The number of pyridine rings is 1. The average Bonchev–Trinajstić information content (AvgIpc) is 3.22. The van der Waals surface area contributed by atoms with Gasteiger partial charge in [-0.25, -0.2) is 15.0 Å². The summed E-state index contributed by atoms with van der Waals surface area (Å²) in [6.07, 6.45) is 6.41. The zero-order chi connectivity index (χ0) is 20.2. The number of anilines is 3. The van der Waals surface area contributed by atoms with Crippen molar-refractivity contribution in [1.82, 2.24) is 20.3 Å². The summed E-state index contributed by atoms with van der Waals surface area (Å²) in [5.74, 6) is 1.59. The molecule has 1 fully saturated rings. The SMILES string of the molecule is COc1cc(Nc2cnc3ccc(NC(=S)NC4CCCC4)nc3n2)ccc1O. The van der Waals surface area contributed by atoms with E-state index in [1.54, 1.807) is 24.4 Å². The molecule has 1 saturated carbocycles. The van der Waals surface area contributed by atoms with Gasteiger partial charge in [0.1, 0.15) is 11.3 Å². The molecule has 150 valence electrons. The van der Waals surface area contributed by atoms with Gasteiger partial charge in [0.05, 0.1) is 13.3 Å². The Kier molecular flexibility index (Phi) is 5.57. The van der Waals surface area contributed by atoms with E-state index in [0.717, 1.165) is 12.8 Å². The Hall–Kier alpha value is -3.20. The Labute approximate surface area is 173 Å². The first-order chi connectivity index (χ1) is 14.1. The van der Waals surface area contributed by atoms with Gasteiger partial charge in [0.15, 0.2) is 28.1 Å². The number of benzene rings is 1. The highest BCUT2D eigenvalue weighted by Gasteiger charge is 2.15. The van der Waals surface area contributed by atoms with Crippen LogP contribution in [0, 0.1) is 0 Å². The molecule has 0 saturated heterocycles. The van der Waals surface area contributed by atoms with Crippen molar-refractivity contribution >= 4 is 45.8 Å². The first-order valence-corrected chi connectivity index (χ1v) is 9.87. The summed E-state index contributed by atoms with van der Waals surface area (Å²) in [6.45, 7) is 0. The van der Waals surface area contributed by atoms with Gasteiger partial charge >= 0.3 is 0 Å². The summed E-state index contributed by atoms with van der Waals surface area (Å²) in [6, 6.07) is 9.07. The predicted octanol–water partition coefficient (Wildman–Crippen LogP) is 3.71. The number of aromatic nitrogens is 3. The highest BCUT2D eigenvalue weighted by Crippen LogP contribution is 2.30. The molecule has 8 nitrogen and oxygen atoms in total. The van der Waals surface area contributed by atoms with Crippen molar-refractivity contribution in [3.05, 3.63) is 36.5 Å². The van der Waals surface area contributed by atoms with E-state index in [0.29, 0.717) is 45.4 Å². The highest BCUT2D eigenvalue weighted by molar-refractivity contribution is 7.80. The van der Waals surface area contributed by atoms with Crippen LogP contribution in [0.25, 0.3) is 11.2 Å². The van der Waals surface area contributed by atoms with Crippen molar-refractivity contribution in [2.75, 3.05) is 17.7 Å². The van der Waals surface area contributed by atoms with Gasteiger partial charge in [-0.05, 0) is 49.3 Å². The highest BCUT2D eigenvalue weighted by atomic mass is 32.1. The van der Waals surface area contributed by atoms with Crippen LogP contribution in [-0.2, 0) is 0 Å². The number of ether oxygens (including phenoxy) is 1. The summed E-state index contributed by atoms with van der Waals surface area (Å²) in [5, 5.41) is 19.9. The third-order valence-electron chi connectivity index (χ3n) is 4.79. The Bertz CT molecular complexity index is 1040. The maximum absolute atomic E-state index is 9.72. The second kappa shape index (κ2) is 8.44. The molecule has 4 rings (SSSR count). The van der Waals surface area contributed by atoms with E-state index in [9.17, 15) is 5.11 Å². The monoisotopic (exact) mass is 410 g/mol. The van der Waals surface area contributed by atoms with Gasteiger partial charge in [-0.1, -0.05) is 12.8 Å². The summed E-state index contributed by atoms with van der Waals surface area (Å²) >= 11 is 5.40. The lowest BCUT2D eigenvalue weighted by atomic mass is 10.2. The van der Waals surface area contributed by atoms with Crippen LogP contribution < -0.4 is 20.7 Å². The van der Waals surface area contributed by atoms with Crippen LogP contribution in [0.4, 0.5) is 17.3 Å². The predicted molar refractivity (Wildman–Crippen MR) is 117 cm³/mol. The fourth-order valence-corrected chi connectivity index (χ4v) is 3.61. The van der Waals surface area contributed by atoms with Gasteiger partial charge < -0.3 is 25.8 Å². The van der Waals surface area contributed by atoms with Crippen molar-refractivity contribution in [2.24, 2.45) is 0 Å². The molecule has 2 heterocycles. The standard InChI is InChI=1S/C20H22N6O2S/c1-28-16-10-13(6-8-15(16)27)22-18-11-21-14-7-9-17(24-19(14)25-18)26-20(29)23-12-4-2-3-5-12/h6-12,27H,2-5H2,1H3,(H3,22,23,24,25,26,29). The molecule has 0 atom stereocenters. The number of nitrogens with one attached hydrogen (secondary N) is 3. The van der Waals surface area contributed by atoms with E-state index in [1.807, 2.05) is 12.1 Å². The van der Waals surface area contributed by atoms with Crippen LogP contribution in [0.3, 0.4) is 0 Å². The zero-order valence-electron chi connectivity index (χ0n) is 16.0. The third-order valence-corrected chi connectivity index (χ3v) is 5.01. The topological polar surface area (TPSA) is 104 Å². The molecule has 4 N–H and O–H groups in total. The Morgan fingerprint density at radius 3 is 2.72 bits per heavy atom. The number of fused-ring (bicyclic) bond motifs is 1. The fraction of sp³-hybridized carbons (Fsp3) is 0.300. The average molecular weight is 411 g/mol. The van der Waals surface area contributed by atoms with Gasteiger partial charge in [-0.2, -0.15) is 0 Å². The first-order valence-electron chi connectivity index (χ1n) is 9.46. The summed E-state index contributed by atoms with van der Waals surface area (Å²) in [4.78, 5) is 13.4. The van der Waals surface area contributed by atoms with E-state index in [2.05, 4.69) is 30.9 Å². The summed E-state index contributed by atoms with van der Waals surface area (Å²) in [7, 11) is 1.50. The molecule has 9 heteroatoms. The molecule has 1 aliphatic rings. The van der Waals surface area contributed by atoms with Crippen LogP contribution in [0.5, 0.6) is 11.5 Å². The van der Waals surface area contributed by atoms with Gasteiger partial charge in [0.25, 0.3) is 0 Å². The first kappa shape index (κ1) is 19.1. The molecule has 0 radical (unpaired) electrons. The smallest absolute Gasteiger partial charge is 0.182 e. The Morgan fingerprint density at radius 1 is 1.14 bits per heavy atom. The molecule has 0 bridgehead atoms. The number of phenolic OH excluding ortho intramolecular Hbond substituents is 1. The molecular weight excluding hydrogens is 388 g/mol. The number of rotatable bonds is 5. The molecular formula is C20H22N6O2S. The van der Waals surface area contributed by atoms with Crippen molar-refractivity contribution in [2.45, 2.75) is 31.7 Å².